The number of nitrogens with one attached hydrogen (secondary N) is 1. The van der Waals surface area contributed by atoms with Crippen molar-refractivity contribution >= 4 is 17.5 Å². The van der Waals surface area contributed by atoms with Crippen LogP contribution in [0.15, 0.2) is 22.7 Å². The van der Waals surface area contributed by atoms with Crippen LogP contribution in [0.1, 0.15) is 34.8 Å². The Morgan fingerprint density at radius 2 is 2.38 bits per heavy atom. The number of halogens is 2. The first-order valence-corrected chi connectivity index (χ1v) is 7.10. The molecule has 1 heterocycles. The molecule has 1 unspecified atom stereocenters. The molecule has 1 N–H and O–H groups in total. The predicted octanol–water partition coefficient (Wildman–Crippen LogP) is 3.12. The molecule has 1 atom stereocenters. The van der Waals surface area contributed by atoms with Gasteiger partial charge in [0.25, 0.3) is 0 Å². The van der Waals surface area contributed by atoms with Crippen molar-refractivity contribution in [3.63, 3.8) is 0 Å². The third-order valence-corrected chi connectivity index (χ3v) is 4.09. The smallest absolute Gasteiger partial charge is 0.229 e. The molecular formula is C15H14ClFN2O2. The summed E-state index contributed by atoms with van der Waals surface area (Å²) in [5.41, 5.74) is 3.14. The summed E-state index contributed by atoms with van der Waals surface area (Å²) >= 11 is 5.85. The Balaban J connectivity index is 1.71. The maximum Gasteiger partial charge on any atom is 0.229 e. The van der Waals surface area contributed by atoms with Crippen molar-refractivity contribution in [2.45, 2.75) is 32.2 Å². The minimum atomic E-state index is -0.284. The van der Waals surface area contributed by atoms with Crippen LogP contribution in [0, 0.1) is 12.7 Å². The largest absolute Gasteiger partial charge is 0.349 e. The van der Waals surface area contributed by atoms with E-state index in [0.717, 1.165) is 24.0 Å². The van der Waals surface area contributed by atoms with E-state index in [1.165, 1.54) is 12.1 Å². The molecule has 0 spiro atoms. The molecule has 1 aliphatic carbocycles. The highest BCUT2D eigenvalue weighted by atomic mass is 35.5. The highest BCUT2D eigenvalue weighted by molar-refractivity contribution is 6.29. The number of hydrogen-bond acceptors (Lipinski definition) is 3. The summed E-state index contributed by atoms with van der Waals surface area (Å²) in [5, 5.41) is 6.77. The average Bonchev–Trinajstić information content (AvgIpc) is 2.97. The summed E-state index contributed by atoms with van der Waals surface area (Å²) < 4.78 is 18.2. The van der Waals surface area contributed by atoms with Crippen molar-refractivity contribution in [1.29, 1.82) is 0 Å². The van der Waals surface area contributed by atoms with Crippen molar-refractivity contribution < 1.29 is 13.7 Å². The molecule has 1 aromatic carbocycles. The molecule has 0 saturated heterocycles. The molecule has 21 heavy (non-hydrogen) atoms. The Kier molecular flexibility index (Phi) is 3.68. The predicted molar refractivity (Wildman–Crippen MR) is 75.6 cm³/mol. The van der Waals surface area contributed by atoms with Gasteiger partial charge in [-0.2, -0.15) is 0 Å². The van der Waals surface area contributed by atoms with Crippen LogP contribution in [0.25, 0.3) is 0 Å². The van der Waals surface area contributed by atoms with Gasteiger partial charge >= 0.3 is 0 Å². The molecule has 3 rings (SSSR count). The Bertz CT molecular complexity index is 679. The number of nitrogens with zero attached hydrogens (tertiary/aromatic N) is 1. The molecule has 1 aromatic heterocycles. The van der Waals surface area contributed by atoms with E-state index < -0.39 is 0 Å². The summed E-state index contributed by atoms with van der Waals surface area (Å²) in [7, 11) is 0. The zero-order valence-corrected chi connectivity index (χ0v) is 12.2. The normalized spacial score (nSPS) is 16.8. The van der Waals surface area contributed by atoms with Gasteiger partial charge in [-0.25, -0.2) is 4.39 Å². The quantitative estimate of drug-likeness (QED) is 0.948. The Morgan fingerprint density at radius 1 is 1.57 bits per heavy atom. The molecule has 110 valence electrons. The fourth-order valence-corrected chi connectivity index (χ4v) is 2.93. The highest BCUT2D eigenvalue weighted by Gasteiger charge is 2.25. The number of aryl methyl sites for hydroxylation is 2. The monoisotopic (exact) mass is 308 g/mol. The third kappa shape index (κ3) is 2.78. The Hall–Kier alpha value is -1.88. The number of carbonyl (C=O) groups excluding carboxylic acids is 1. The minimum absolute atomic E-state index is 0.106. The van der Waals surface area contributed by atoms with Crippen LogP contribution in [0.2, 0.25) is 5.22 Å². The fraction of sp³-hybridized carbons (Fsp3) is 0.333. The van der Waals surface area contributed by atoms with Gasteiger partial charge in [0.15, 0.2) is 0 Å². The summed E-state index contributed by atoms with van der Waals surface area (Å²) in [4.78, 5) is 12.1. The van der Waals surface area contributed by atoms with Crippen LogP contribution in [0.5, 0.6) is 0 Å². The molecule has 0 saturated carbocycles. The standard InChI is InChI=1S/C15H14ClFN2O2/c1-8-11(15(16)21-19-8)7-14(20)18-13-5-3-9-2-4-10(17)6-12(9)13/h2,4,6,13H,3,5,7H2,1H3,(H,18,20). The van der Waals surface area contributed by atoms with Gasteiger partial charge in [0, 0.05) is 5.56 Å². The maximum absolute atomic E-state index is 13.3. The zero-order chi connectivity index (χ0) is 15.0. The molecular weight excluding hydrogens is 295 g/mol. The van der Waals surface area contributed by atoms with Crippen molar-refractivity contribution in [1.82, 2.24) is 10.5 Å². The Labute approximate surface area is 126 Å². The van der Waals surface area contributed by atoms with Crippen LogP contribution >= 0.6 is 11.6 Å². The SMILES string of the molecule is Cc1noc(Cl)c1CC(=O)NC1CCc2ccc(F)cc21. The third-order valence-electron chi connectivity index (χ3n) is 3.79. The molecule has 6 heteroatoms. The number of benzene rings is 1. The van der Waals surface area contributed by atoms with E-state index >= 15 is 0 Å². The van der Waals surface area contributed by atoms with Crippen LogP contribution in [0.4, 0.5) is 4.39 Å². The first kappa shape index (κ1) is 14.1. The molecule has 0 bridgehead atoms. The lowest BCUT2D eigenvalue weighted by Gasteiger charge is -2.14. The number of aromatic nitrogens is 1. The highest BCUT2D eigenvalue weighted by Crippen LogP contribution is 2.31. The van der Waals surface area contributed by atoms with Gasteiger partial charge in [0.2, 0.25) is 11.1 Å². The molecule has 0 radical (unpaired) electrons. The van der Waals surface area contributed by atoms with Crippen molar-refractivity contribution in [3.8, 4) is 0 Å². The first-order chi connectivity index (χ1) is 10.0. The molecule has 4 nitrogen and oxygen atoms in total. The van der Waals surface area contributed by atoms with E-state index in [1.54, 1.807) is 13.0 Å². The van der Waals surface area contributed by atoms with E-state index in [0.29, 0.717) is 11.3 Å². The topological polar surface area (TPSA) is 55.1 Å². The summed E-state index contributed by atoms with van der Waals surface area (Å²) in [6.45, 7) is 1.73. The summed E-state index contributed by atoms with van der Waals surface area (Å²) in [5.74, 6) is -0.460. The lowest BCUT2D eigenvalue weighted by molar-refractivity contribution is -0.121. The van der Waals surface area contributed by atoms with E-state index in [1.807, 2.05) is 0 Å². The van der Waals surface area contributed by atoms with E-state index in [2.05, 4.69) is 10.5 Å². The number of amides is 1. The molecule has 1 aliphatic rings. The van der Waals surface area contributed by atoms with Gasteiger partial charge in [0.05, 0.1) is 18.2 Å². The number of fused-ring (bicyclic) bond motifs is 1. The number of hydrogen-bond donors (Lipinski definition) is 1. The van der Waals surface area contributed by atoms with E-state index in [4.69, 9.17) is 16.1 Å². The van der Waals surface area contributed by atoms with Gasteiger partial charge in [-0.3, -0.25) is 4.79 Å². The van der Waals surface area contributed by atoms with Gasteiger partial charge in [0.1, 0.15) is 5.82 Å². The molecule has 0 fully saturated rings. The number of rotatable bonds is 3. The molecule has 2 aromatic rings. The van der Waals surface area contributed by atoms with Crippen molar-refractivity contribution in [2.75, 3.05) is 0 Å². The van der Waals surface area contributed by atoms with Crippen LogP contribution in [0.3, 0.4) is 0 Å². The van der Waals surface area contributed by atoms with Gasteiger partial charge in [-0.1, -0.05) is 11.2 Å². The second-order valence-electron chi connectivity index (χ2n) is 5.20. The molecule has 1 amide bonds. The second kappa shape index (κ2) is 5.48. The zero-order valence-electron chi connectivity index (χ0n) is 11.5. The minimum Gasteiger partial charge on any atom is -0.349 e. The first-order valence-electron chi connectivity index (χ1n) is 6.73. The second-order valence-corrected chi connectivity index (χ2v) is 5.54. The summed E-state index contributed by atoms with van der Waals surface area (Å²) in [6, 6.07) is 4.56. The lowest BCUT2D eigenvalue weighted by atomic mass is 10.1. The van der Waals surface area contributed by atoms with E-state index in [9.17, 15) is 9.18 Å². The molecule has 0 aliphatic heterocycles. The van der Waals surface area contributed by atoms with Gasteiger partial charge < -0.3 is 9.84 Å². The van der Waals surface area contributed by atoms with Crippen LogP contribution in [-0.2, 0) is 17.6 Å². The Morgan fingerprint density at radius 3 is 3.10 bits per heavy atom. The number of carbonyl (C=O) groups is 1. The van der Waals surface area contributed by atoms with Crippen LogP contribution < -0.4 is 5.32 Å². The maximum atomic E-state index is 13.3. The van der Waals surface area contributed by atoms with Crippen molar-refractivity contribution in [2.24, 2.45) is 0 Å². The lowest BCUT2D eigenvalue weighted by Crippen LogP contribution is -2.28. The van der Waals surface area contributed by atoms with Crippen LogP contribution in [-0.4, -0.2) is 11.1 Å². The van der Waals surface area contributed by atoms with Crippen molar-refractivity contribution in [3.05, 3.63) is 51.6 Å². The van der Waals surface area contributed by atoms with Gasteiger partial charge in [-0.15, -0.1) is 0 Å². The van der Waals surface area contributed by atoms with E-state index in [-0.39, 0.29) is 29.4 Å². The fourth-order valence-electron chi connectivity index (χ4n) is 2.69. The van der Waals surface area contributed by atoms with Gasteiger partial charge in [-0.05, 0) is 54.6 Å². The average molecular weight is 309 g/mol. The summed E-state index contributed by atoms with van der Waals surface area (Å²) in [6.07, 6.45) is 1.73.